The molecule has 0 spiro atoms. The van der Waals surface area contributed by atoms with E-state index in [4.69, 9.17) is 16.3 Å². The zero-order valence-electron chi connectivity index (χ0n) is 16.9. The number of halogens is 1. The molecule has 0 saturated carbocycles. The number of carbonyl (C=O) groups excluding carboxylic acids is 1. The van der Waals surface area contributed by atoms with Gasteiger partial charge >= 0.3 is 0 Å². The lowest BCUT2D eigenvalue weighted by Crippen LogP contribution is -2.37. The van der Waals surface area contributed by atoms with Crippen molar-refractivity contribution in [1.82, 2.24) is 9.97 Å². The quantitative estimate of drug-likeness (QED) is 0.565. The summed E-state index contributed by atoms with van der Waals surface area (Å²) in [6.07, 6.45) is 4.19. The Morgan fingerprint density at radius 1 is 1.09 bits per heavy atom. The van der Waals surface area contributed by atoms with Crippen LogP contribution in [0.15, 0.2) is 66.0 Å². The third-order valence-electron chi connectivity index (χ3n) is 4.77. The number of nitrogens with one attached hydrogen (secondary N) is 2. The Morgan fingerprint density at radius 2 is 1.88 bits per heavy atom. The highest BCUT2D eigenvalue weighted by atomic mass is 35.5. The Bertz CT molecular complexity index is 1220. The Labute approximate surface area is 190 Å². The normalized spacial score (nSPS) is 14.1. The van der Waals surface area contributed by atoms with Crippen LogP contribution in [0.25, 0.3) is 0 Å². The lowest BCUT2D eigenvalue weighted by atomic mass is 10.2. The van der Waals surface area contributed by atoms with Gasteiger partial charge in [-0.25, -0.2) is 13.4 Å². The summed E-state index contributed by atoms with van der Waals surface area (Å²) in [4.78, 5) is 22.2. The van der Waals surface area contributed by atoms with Crippen LogP contribution in [0, 0.1) is 0 Å². The van der Waals surface area contributed by atoms with Gasteiger partial charge < -0.3 is 15.0 Å². The third kappa shape index (κ3) is 4.98. The van der Waals surface area contributed by atoms with Crippen LogP contribution in [-0.4, -0.2) is 50.6 Å². The van der Waals surface area contributed by atoms with Gasteiger partial charge in [0.2, 0.25) is 0 Å². The molecular weight excluding hydrogens is 454 g/mol. The Kier molecular flexibility index (Phi) is 6.54. The largest absolute Gasteiger partial charge is 0.378 e. The zero-order chi connectivity index (χ0) is 22.6. The van der Waals surface area contributed by atoms with E-state index >= 15 is 0 Å². The molecule has 0 aliphatic carbocycles. The number of hydrogen-bond acceptors (Lipinski definition) is 7. The van der Waals surface area contributed by atoms with Crippen molar-refractivity contribution >= 4 is 44.6 Å². The molecule has 0 bridgehead atoms. The number of morpholine rings is 1. The van der Waals surface area contributed by atoms with Gasteiger partial charge in [0.1, 0.15) is 10.6 Å². The highest BCUT2D eigenvalue weighted by Crippen LogP contribution is 2.32. The predicted octanol–water partition coefficient (Wildman–Crippen LogP) is 3.02. The Balaban J connectivity index is 1.70. The smallest absolute Gasteiger partial charge is 0.275 e. The highest BCUT2D eigenvalue weighted by molar-refractivity contribution is 7.93. The van der Waals surface area contributed by atoms with Gasteiger partial charge in [-0.1, -0.05) is 23.7 Å². The molecule has 2 aromatic carbocycles. The van der Waals surface area contributed by atoms with E-state index in [-0.39, 0.29) is 21.3 Å². The molecule has 166 valence electrons. The number of ether oxygens (including phenoxy) is 1. The summed E-state index contributed by atoms with van der Waals surface area (Å²) in [6, 6.07) is 11.3. The van der Waals surface area contributed by atoms with E-state index in [1.165, 1.54) is 24.7 Å². The molecule has 32 heavy (non-hydrogen) atoms. The molecule has 3 aromatic rings. The summed E-state index contributed by atoms with van der Waals surface area (Å²) in [5.74, 6) is -0.500. The molecule has 2 N–H and O–H groups in total. The van der Waals surface area contributed by atoms with Gasteiger partial charge in [-0.05, 0) is 30.3 Å². The van der Waals surface area contributed by atoms with E-state index in [2.05, 4.69) is 20.0 Å². The van der Waals surface area contributed by atoms with Gasteiger partial charge in [0, 0.05) is 31.2 Å². The average Bonchev–Trinajstić information content (AvgIpc) is 2.81. The first-order valence-electron chi connectivity index (χ1n) is 9.75. The molecule has 1 aliphatic heterocycles. The van der Waals surface area contributed by atoms with Gasteiger partial charge in [-0.3, -0.25) is 14.5 Å². The van der Waals surface area contributed by atoms with Gasteiger partial charge in [0.15, 0.2) is 0 Å². The van der Waals surface area contributed by atoms with Crippen molar-refractivity contribution in [3.8, 4) is 0 Å². The molecule has 0 atom stereocenters. The lowest BCUT2D eigenvalue weighted by molar-refractivity contribution is 0.102. The molecule has 1 aromatic heterocycles. The molecule has 0 radical (unpaired) electrons. The average molecular weight is 474 g/mol. The van der Waals surface area contributed by atoms with Crippen LogP contribution in [0.2, 0.25) is 5.02 Å². The van der Waals surface area contributed by atoms with E-state index in [0.29, 0.717) is 37.7 Å². The second kappa shape index (κ2) is 9.51. The summed E-state index contributed by atoms with van der Waals surface area (Å²) in [5, 5.41) is 2.95. The SMILES string of the molecule is O=C(Nc1ccc(N2CCOCC2)c(S(=O)(=O)Nc2ccccc2Cl)c1)c1cnccn1. The second-order valence-electron chi connectivity index (χ2n) is 6.91. The summed E-state index contributed by atoms with van der Waals surface area (Å²) in [7, 11) is -4.03. The number of para-hydroxylation sites is 1. The number of carbonyl (C=O) groups is 1. The molecule has 9 nitrogen and oxygen atoms in total. The molecule has 1 amide bonds. The number of hydrogen-bond donors (Lipinski definition) is 2. The number of rotatable bonds is 6. The van der Waals surface area contributed by atoms with Gasteiger partial charge in [-0.15, -0.1) is 0 Å². The fourth-order valence-electron chi connectivity index (χ4n) is 3.23. The van der Waals surface area contributed by atoms with Crippen molar-refractivity contribution in [2.75, 3.05) is 41.2 Å². The van der Waals surface area contributed by atoms with Gasteiger partial charge in [0.25, 0.3) is 15.9 Å². The maximum Gasteiger partial charge on any atom is 0.275 e. The number of sulfonamides is 1. The fraction of sp³-hybridized carbons (Fsp3) is 0.190. The summed E-state index contributed by atoms with van der Waals surface area (Å²) in [5.41, 5.74) is 1.18. The van der Waals surface area contributed by atoms with Crippen LogP contribution < -0.4 is 14.9 Å². The predicted molar refractivity (Wildman–Crippen MR) is 122 cm³/mol. The Hall–Kier alpha value is -3.21. The van der Waals surface area contributed by atoms with Crippen molar-refractivity contribution in [2.24, 2.45) is 0 Å². The van der Waals surface area contributed by atoms with Crippen molar-refractivity contribution in [2.45, 2.75) is 4.90 Å². The van der Waals surface area contributed by atoms with E-state index in [1.807, 2.05) is 4.90 Å². The topological polar surface area (TPSA) is 114 Å². The van der Waals surface area contributed by atoms with Crippen molar-refractivity contribution < 1.29 is 17.9 Å². The van der Waals surface area contributed by atoms with Crippen molar-refractivity contribution in [1.29, 1.82) is 0 Å². The molecule has 1 fully saturated rings. The number of nitrogens with zero attached hydrogens (tertiary/aromatic N) is 3. The van der Waals surface area contributed by atoms with Gasteiger partial charge in [-0.2, -0.15) is 0 Å². The molecule has 1 saturated heterocycles. The van der Waals surface area contributed by atoms with Crippen LogP contribution in [-0.2, 0) is 14.8 Å². The van der Waals surface area contributed by atoms with E-state index in [0.717, 1.165) is 0 Å². The molecule has 11 heteroatoms. The minimum Gasteiger partial charge on any atom is -0.378 e. The summed E-state index contributed by atoms with van der Waals surface area (Å²) < 4.78 is 34.7. The molecule has 4 rings (SSSR count). The first-order valence-corrected chi connectivity index (χ1v) is 11.6. The van der Waals surface area contributed by atoms with Crippen LogP contribution in [0.3, 0.4) is 0 Å². The maximum absolute atomic E-state index is 13.4. The first kappa shape index (κ1) is 22.0. The first-order chi connectivity index (χ1) is 15.4. The lowest BCUT2D eigenvalue weighted by Gasteiger charge is -2.30. The molecule has 2 heterocycles. The second-order valence-corrected chi connectivity index (χ2v) is 8.97. The van der Waals surface area contributed by atoms with Crippen LogP contribution in [0.4, 0.5) is 17.1 Å². The van der Waals surface area contributed by atoms with Crippen LogP contribution in [0.5, 0.6) is 0 Å². The summed E-state index contributed by atoms with van der Waals surface area (Å²) >= 11 is 6.15. The maximum atomic E-state index is 13.4. The fourth-order valence-corrected chi connectivity index (χ4v) is 4.80. The zero-order valence-corrected chi connectivity index (χ0v) is 18.4. The highest BCUT2D eigenvalue weighted by Gasteiger charge is 2.25. The summed E-state index contributed by atoms with van der Waals surface area (Å²) in [6.45, 7) is 2.06. The Morgan fingerprint density at radius 3 is 2.59 bits per heavy atom. The van der Waals surface area contributed by atoms with Crippen molar-refractivity contribution in [3.63, 3.8) is 0 Å². The van der Waals surface area contributed by atoms with E-state index in [9.17, 15) is 13.2 Å². The van der Waals surface area contributed by atoms with Crippen LogP contribution >= 0.6 is 11.6 Å². The van der Waals surface area contributed by atoms with Crippen LogP contribution in [0.1, 0.15) is 10.5 Å². The van der Waals surface area contributed by atoms with Gasteiger partial charge in [0.05, 0.1) is 35.8 Å². The van der Waals surface area contributed by atoms with Crippen molar-refractivity contribution in [3.05, 3.63) is 71.8 Å². The number of benzene rings is 2. The van der Waals surface area contributed by atoms with E-state index < -0.39 is 15.9 Å². The monoisotopic (exact) mass is 473 g/mol. The molecule has 1 aliphatic rings. The number of anilines is 3. The number of amides is 1. The molecule has 0 unspecified atom stereocenters. The minimum atomic E-state index is -4.03. The minimum absolute atomic E-state index is 0.0104. The third-order valence-corrected chi connectivity index (χ3v) is 6.50. The number of aromatic nitrogens is 2. The molecular formula is C21H20ClN5O4S. The van der Waals surface area contributed by atoms with E-state index in [1.54, 1.807) is 36.4 Å². The standard InChI is InChI=1S/C21H20ClN5O4S/c22-16-3-1-2-4-17(16)26-32(29,30)20-13-15(25-21(28)18-14-23-7-8-24-18)5-6-19(20)27-9-11-31-12-10-27/h1-8,13-14,26H,9-12H2,(H,25,28).